The summed E-state index contributed by atoms with van der Waals surface area (Å²) in [6, 6.07) is 22.9. The van der Waals surface area contributed by atoms with Crippen LogP contribution in [0.4, 0.5) is 39.5 Å². The molecule has 3 aromatic carbocycles. The van der Waals surface area contributed by atoms with E-state index in [9.17, 15) is 44.6 Å². The number of phenols is 1. The van der Waals surface area contributed by atoms with Crippen LogP contribution in [0.5, 0.6) is 11.5 Å². The van der Waals surface area contributed by atoms with E-state index >= 15 is 0 Å². The van der Waals surface area contributed by atoms with Crippen LogP contribution >= 0.6 is 69.9 Å². The second kappa shape index (κ2) is 33.5. The van der Waals surface area contributed by atoms with Gasteiger partial charge in [0.1, 0.15) is 29.0 Å². The molecule has 6 aromatic heterocycles. The second-order valence-corrected chi connectivity index (χ2v) is 28.9. The van der Waals surface area contributed by atoms with Crippen molar-refractivity contribution in [3.05, 3.63) is 166 Å². The summed E-state index contributed by atoms with van der Waals surface area (Å²) in [6.45, 7) is 9.06. The molecule has 9 aromatic rings. The minimum atomic E-state index is -4.44. The van der Waals surface area contributed by atoms with E-state index in [1.54, 1.807) is 37.6 Å². The zero-order valence-electron chi connectivity index (χ0n) is 55.4. The molecule has 1 N–H and O–H groups in total. The average Bonchev–Trinajstić information content (AvgIpc) is 1.53. The van der Waals surface area contributed by atoms with Gasteiger partial charge in [0.25, 0.3) is 0 Å². The molecule has 0 spiro atoms. The van der Waals surface area contributed by atoms with Crippen molar-refractivity contribution in [3.8, 4) is 11.5 Å². The minimum absolute atomic E-state index is 0. The minimum Gasteiger partial charge on any atom is -1.00 e. The van der Waals surface area contributed by atoms with Crippen LogP contribution in [0.25, 0.3) is 33.5 Å². The Hall–Kier alpha value is -4.40. The predicted octanol–water partition coefficient (Wildman–Crippen LogP) is 13.7. The largest absolute Gasteiger partial charge is 1.00 e. The number of fused-ring (bicyclic) bond motifs is 3. The van der Waals surface area contributed by atoms with E-state index in [0.29, 0.717) is 23.8 Å². The standard InChI is InChI=1S/C21H23F3N4O.C21H23F3N4.C20H21F3N4O.CH3I.BBr3.Na.H2.H/c1-27-17-4-3-9-25-20(17)26-19(27)13-28-10-7-14(8-11-28)16-6-5-15(21(22,23)24)12-18(16)29-2;1-14-12-16(21(22,23)24)5-6-17(14)15-7-10-28(11-8-15)13-19-26-20-18(27(19)2)4-3-9-25-20;1-26-16-3-2-8-24-19(16)25-18(26)12-27-9-6-13(7-10-27)15-5-4-14(11-17(15)28)20(21,22)23;1-2;2-1(3)4;;;/h3-6,9,12,14H,7-8,10-11,13H2,1-2H3;3-6,9,12,15H,7-8,10-11,13H2,1-2H3;2-5,8,11,13,28H,6-7,9-10,12H2,1H3;1H3;;;1H;/q;;;;;+1;;-1/i;;;1T3;;;;. The molecule has 3 aliphatic heterocycles. The number of nitrogens with zero attached hydrogens (tertiary/aromatic N) is 12. The first-order valence-corrected chi connectivity index (χ1v) is 33.0. The number of benzene rings is 3. The van der Waals surface area contributed by atoms with Gasteiger partial charge in [-0.1, -0.05) is 40.8 Å². The molecule has 0 unspecified atom stereocenters. The Balaban J connectivity index is 0.000000243. The van der Waals surface area contributed by atoms with Crippen molar-refractivity contribution >= 4 is 107 Å². The number of alkyl halides is 10. The summed E-state index contributed by atoms with van der Waals surface area (Å²) in [7, 11) is 7.39. The Morgan fingerprint density at radius 3 is 1.17 bits per heavy atom. The second-order valence-electron chi connectivity index (χ2n) is 22.5. The number of likely N-dealkylation sites (tertiary alicyclic amines) is 3. The maximum absolute atomic E-state index is 13.0. The predicted molar refractivity (Wildman–Crippen MR) is 360 cm³/mol. The van der Waals surface area contributed by atoms with Gasteiger partial charge in [-0.25, -0.2) is 29.9 Å². The molecule has 9 heterocycles. The van der Waals surface area contributed by atoms with Gasteiger partial charge < -0.3 is 25.0 Å². The van der Waals surface area contributed by atoms with Crippen molar-refractivity contribution in [2.75, 3.05) is 51.2 Å². The van der Waals surface area contributed by atoms with Crippen molar-refractivity contribution in [3.63, 3.8) is 0 Å². The summed E-state index contributed by atoms with van der Waals surface area (Å²) in [6.07, 6.45) is -2.72. The van der Waals surface area contributed by atoms with Crippen LogP contribution in [0, 0.1) is 6.92 Å². The fourth-order valence-corrected chi connectivity index (χ4v) is 12.0. The Morgan fingerprint density at radius 2 is 0.859 bits per heavy atom. The summed E-state index contributed by atoms with van der Waals surface area (Å²) in [4.78, 5) is 31.9. The Kier molecular flexibility index (Phi) is 25.7. The number of piperidine rings is 3. The van der Waals surface area contributed by atoms with Crippen LogP contribution in [0.3, 0.4) is 0 Å². The molecule has 0 bridgehead atoms. The van der Waals surface area contributed by atoms with E-state index in [4.69, 9.17) is 8.85 Å². The van der Waals surface area contributed by atoms with Crippen molar-refractivity contribution in [1.29, 1.82) is 0 Å². The molecule has 3 aliphatic rings. The monoisotopic (exact) mass is 1600 g/mol. The number of hydrogen-bond donors (Lipinski definition) is 1. The molecular weight excluding hydrogens is 1530 g/mol. The van der Waals surface area contributed by atoms with Crippen molar-refractivity contribution in [2.24, 2.45) is 21.1 Å². The van der Waals surface area contributed by atoms with E-state index in [0.717, 1.165) is 183 Å². The van der Waals surface area contributed by atoms with Crippen LogP contribution < -0.4 is 34.3 Å². The Labute approximate surface area is 597 Å². The fraction of sp³-hybridized carbons (Fsp3) is 0.429. The third-order valence-corrected chi connectivity index (χ3v) is 16.9. The molecule has 92 heavy (non-hydrogen) atoms. The molecule has 3 saturated heterocycles. The van der Waals surface area contributed by atoms with E-state index in [1.165, 1.54) is 47.9 Å². The molecule has 492 valence electrons. The molecule has 3 fully saturated rings. The average molecular weight is 1610 g/mol. The number of rotatable bonds is 10. The topological polar surface area (TPSA) is 131 Å². The van der Waals surface area contributed by atoms with Gasteiger partial charge in [0.2, 0.25) is 0 Å². The third-order valence-electron chi connectivity index (χ3n) is 16.9. The van der Waals surface area contributed by atoms with Crippen LogP contribution in [0.15, 0.2) is 110 Å². The van der Waals surface area contributed by atoms with Crippen molar-refractivity contribution in [2.45, 2.75) is 101 Å². The number of hydrogen-bond acceptors (Lipinski definition) is 11. The number of aromatic nitrogens is 9. The zero-order valence-corrected chi connectivity index (χ0v) is 60.4. The Morgan fingerprint density at radius 1 is 0.554 bits per heavy atom. The van der Waals surface area contributed by atoms with Gasteiger partial charge in [-0.3, -0.25) is 14.7 Å². The third kappa shape index (κ3) is 19.4. The summed E-state index contributed by atoms with van der Waals surface area (Å²) in [5.41, 5.74) is 6.41. The number of pyridine rings is 3. The van der Waals surface area contributed by atoms with Crippen molar-refractivity contribution < 1.29 is 85.9 Å². The number of aryl methyl sites for hydroxylation is 4. The molecule has 29 heteroatoms. The molecule has 0 aliphatic carbocycles. The van der Waals surface area contributed by atoms with Gasteiger partial charge in [0.05, 0.1) is 60.0 Å². The number of imidazole rings is 3. The van der Waals surface area contributed by atoms with E-state index in [1.807, 2.05) is 62.1 Å². The number of methoxy groups -OCH3 is 1. The molecule has 14 nitrogen and oxygen atoms in total. The first-order chi connectivity index (χ1) is 44.2. The molecule has 0 amide bonds. The van der Waals surface area contributed by atoms with Crippen molar-refractivity contribution in [1.82, 2.24) is 58.3 Å². The zero-order chi connectivity index (χ0) is 68.5. The SMILES string of the molecule is BrB(Br)Br.COc1cc(C(F)(F)F)ccc1C1CCN(Cc2nc3ncccc3n2C)CC1.Cc1cc(C(F)(F)F)ccc1C1CCN(Cc2nc3ncccc3n2C)CC1.Cn1c(CN2CCC(c3ccc(C(F)(F)F)cc3O)CC2)nc2ncccc21.[3H]C([3H])([3H])I.[H-].[HH].[Na+]. The normalized spacial score (nSPS) is 16.3. The van der Waals surface area contributed by atoms with Crippen LogP contribution in [0.1, 0.15) is 120 Å². The number of aromatic hydroxyl groups is 1. The first kappa shape index (κ1) is 70.4. The summed E-state index contributed by atoms with van der Waals surface area (Å²) in [5, 5.41) is 10.1. The van der Waals surface area contributed by atoms with Gasteiger partial charge in [0, 0.05) is 45.3 Å². The van der Waals surface area contributed by atoms with Gasteiger partial charge in [-0.05, 0) is 202 Å². The van der Waals surface area contributed by atoms with Crippen LogP contribution in [-0.4, -0.2) is 118 Å². The smallest absolute Gasteiger partial charge is 1.00 e. The fourth-order valence-electron chi connectivity index (χ4n) is 12.0. The molecular formula is C63H73BBr3F9IN12NaO2. The summed E-state index contributed by atoms with van der Waals surface area (Å²) >= 11 is 10.7. The molecule has 0 saturated carbocycles. The number of halogens is 13. The first-order valence-electron chi connectivity index (χ1n) is 30.7. The van der Waals surface area contributed by atoms with Crippen LogP contribution in [0.2, 0.25) is 0 Å². The van der Waals surface area contributed by atoms with E-state index in [2.05, 4.69) is 101 Å². The van der Waals surface area contributed by atoms with E-state index in [-0.39, 0.29) is 53.2 Å². The molecule has 0 radical (unpaired) electrons. The van der Waals surface area contributed by atoms with Crippen LogP contribution in [-0.2, 0) is 59.3 Å². The van der Waals surface area contributed by atoms with E-state index < -0.39 is 40.1 Å². The molecule has 0 atom stereocenters. The molecule has 12 rings (SSSR count). The van der Waals surface area contributed by atoms with Gasteiger partial charge in [-0.15, -0.1) is 47.3 Å². The maximum atomic E-state index is 13.0. The van der Waals surface area contributed by atoms with Gasteiger partial charge in [-0.2, -0.15) is 39.5 Å². The number of ether oxygens (including phenoxy) is 1. The maximum Gasteiger partial charge on any atom is 1.00 e. The summed E-state index contributed by atoms with van der Waals surface area (Å²) in [5.74, 6) is 3.48. The Bertz CT molecular complexity index is 3810. The van der Waals surface area contributed by atoms with Gasteiger partial charge >= 0.3 is 51.3 Å². The summed E-state index contributed by atoms with van der Waals surface area (Å²) < 4.78 is 146. The van der Waals surface area contributed by atoms with Gasteiger partial charge in [0.15, 0.2) is 16.9 Å². The number of phenolic OH excluding ortho intramolecular Hbond substituents is 1. The quantitative estimate of drug-likeness (QED) is 0.0608.